The lowest BCUT2D eigenvalue weighted by Gasteiger charge is -2.28. The van der Waals surface area contributed by atoms with Crippen LogP contribution >= 0.6 is 0 Å². The van der Waals surface area contributed by atoms with Crippen LogP contribution in [0, 0.1) is 0 Å². The molecule has 0 unspecified atom stereocenters. The Morgan fingerprint density at radius 2 is 1.77 bits per heavy atom. The topological polar surface area (TPSA) is 73.9 Å². The molecule has 0 radical (unpaired) electrons. The molecule has 4 aromatic rings. The van der Waals surface area contributed by atoms with Crippen molar-refractivity contribution in [2.45, 2.75) is 19.3 Å². The van der Waals surface area contributed by atoms with Gasteiger partial charge in [0, 0.05) is 35.9 Å². The molecule has 0 saturated carbocycles. The van der Waals surface area contributed by atoms with Crippen LogP contribution in [-0.2, 0) is 0 Å². The second-order valence-corrected chi connectivity index (χ2v) is 7.63. The highest BCUT2D eigenvalue weighted by Gasteiger charge is 2.16. The Hall–Kier alpha value is -3.67. The van der Waals surface area contributed by atoms with E-state index in [4.69, 9.17) is 0 Å². The number of amides is 1. The van der Waals surface area contributed by atoms with E-state index < -0.39 is 0 Å². The SMILES string of the molecule is O=C(Nc1ccccc1)c1n[nH]c2ccc(-c3cncc(N4CCCCC4)c3)cc12. The normalized spacial score (nSPS) is 14.1. The number of piperidine rings is 1. The number of nitrogens with one attached hydrogen (secondary N) is 2. The molecule has 150 valence electrons. The average molecular weight is 397 g/mol. The van der Waals surface area contributed by atoms with Crippen molar-refractivity contribution in [3.05, 3.63) is 72.7 Å². The third kappa shape index (κ3) is 3.64. The van der Waals surface area contributed by atoms with E-state index in [0.717, 1.165) is 46.5 Å². The summed E-state index contributed by atoms with van der Waals surface area (Å²) in [6.45, 7) is 2.16. The van der Waals surface area contributed by atoms with Crippen molar-refractivity contribution in [2.75, 3.05) is 23.3 Å². The maximum atomic E-state index is 12.8. The minimum Gasteiger partial charge on any atom is -0.370 e. The van der Waals surface area contributed by atoms with Gasteiger partial charge in [-0.25, -0.2) is 0 Å². The summed E-state index contributed by atoms with van der Waals surface area (Å²) in [6, 6.07) is 17.6. The minimum atomic E-state index is -0.232. The monoisotopic (exact) mass is 397 g/mol. The van der Waals surface area contributed by atoms with Crippen LogP contribution in [0.1, 0.15) is 29.8 Å². The van der Waals surface area contributed by atoms with E-state index in [1.807, 2.05) is 60.9 Å². The number of aromatic nitrogens is 3. The zero-order valence-corrected chi connectivity index (χ0v) is 16.6. The zero-order chi connectivity index (χ0) is 20.3. The number of nitrogens with zero attached hydrogens (tertiary/aromatic N) is 3. The van der Waals surface area contributed by atoms with Gasteiger partial charge in [0.1, 0.15) is 0 Å². The Labute approximate surface area is 174 Å². The quantitative estimate of drug-likeness (QED) is 0.515. The molecule has 2 N–H and O–H groups in total. The van der Waals surface area contributed by atoms with Crippen LogP contribution in [0.2, 0.25) is 0 Å². The first-order chi connectivity index (χ1) is 14.8. The van der Waals surface area contributed by atoms with E-state index >= 15 is 0 Å². The number of H-pyrrole nitrogens is 1. The number of hydrogen-bond donors (Lipinski definition) is 2. The van der Waals surface area contributed by atoms with Crippen molar-refractivity contribution in [1.29, 1.82) is 0 Å². The molecule has 1 aliphatic rings. The van der Waals surface area contributed by atoms with Crippen LogP contribution < -0.4 is 10.2 Å². The summed E-state index contributed by atoms with van der Waals surface area (Å²) in [4.78, 5) is 19.7. The number of fused-ring (bicyclic) bond motifs is 1. The Balaban J connectivity index is 1.46. The van der Waals surface area contributed by atoms with Gasteiger partial charge in [-0.05, 0) is 55.2 Å². The van der Waals surface area contributed by atoms with Crippen molar-refractivity contribution in [3.8, 4) is 11.1 Å². The van der Waals surface area contributed by atoms with Gasteiger partial charge in [0.2, 0.25) is 0 Å². The van der Waals surface area contributed by atoms with Gasteiger partial charge in [-0.1, -0.05) is 24.3 Å². The van der Waals surface area contributed by atoms with Crippen molar-refractivity contribution in [1.82, 2.24) is 15.2 Å². The lowest BCUT2D eigenvalue weighted by Crippen LogP contribution is -2.29. The molecule has 6 nitrogen and oxygen atoms in total. The van der Waals surface area contributed by atoms with Gasteiger partial charge in [-0.2, -0.15) is 5.10 Å². The Kier molecular flexibility index (Phi) is 4.89. The average Bonchev–Trinajstić information content (AvgIpc) is 3.24. The summed E-state index contributed by atoms with van der Waals surface area (Å²) >= 11 is 0. The van der Waals surface area contributed by atoms with Gasteiger partial charge in [-0.3, -0.25) is 14.9 Å². The second-order valence-electron chi connectivity index (χ2n) is 7.63. The van der Waals surface area contributed by atoms with E-state index in [2.05, 4.69) is 31.5 Å². The molecule has 1 fully saturated rings. The van der Waals surface area contributed by atoms with Crippen LogP contribution in [0.4, 0.5) is 11.4 Å². The largest absolute Gasteiger partial charge is 0.370 e. The molecule has 30 heavy (non-hydrogen) atoms. The highest BCUT2D eigenvalue weighted by Crippen LogP contribution is 2.29. The van der Waals surface area contributed by atoms with Crippen molar-refractivity contribution in [2.24, 2.45) is 0 Å². The van der Waals surface area contributed by atoms with E-state index in [-0.39, 0.29) is 5.91 Å². The fourth-order valence-corrected chi connectivity index (χ4v) is 3.99. The van der Waals surface area contributed by atoms with Crippen LogP contribution in [0.3, 0.4) is 0 Å². The zero-order valence-electron chi connectivity index (χ0n) is 16.6. The van der Waals surface area contributed by atoms with Gasteiger partial charge in [0.05, 0.1) is 17.4 Å². The number of para-hydroxylation sites is 1. The smallest absolute Gasteiger partial charge is 0.276 e. The lowest BCUT2D eigenvalue weighted by molar-refractivity contribution is 0.102. The lowest BCUT2D eigenvalue weighted by atomic mass is 10.0. The molecule has 1 saturated heterocycles. The van der Waals surface area contributed by atoms with Gasteiger partial charge < -0.3 is 10.2 Å². The molecule has 0 spiro atoms. The fourth-order valence-electron chi connectivity index (χ4n) is 3.99. The molecule has 0 bridgehead atoms. The highest BCUT2D eigenvalue weighted by atomic mass is 16.1. The highest BCUT2D eigenvalue weighted by molar-refractivity contribution is 6.11. The van der Waals surface area contributed by atoms with Gasteiger partial charge in [0.15, 0.2) is 5.69 Å². The molecule has 1 aliphatic heterocycles. The van der Waals surface area contributed by atoms with Crippen molar-refractivity contribution >= 4 is 28.2 Å². The molecular weight excluding hydrogens is 374 g/mol. The molecule has 3 heterocycles. The van der Waals surface area contributed by atoms with E-state index in [1.165, 1.54) is 19.3 Å². The van der Waals surface area contributed by atoms with E-state index in [9.17, 15) is 4.79 Å². The third-order valence-electron chi connectivity index (χ3n) is 5.59. The second kappa shape index (κ2) is 7.99. The standard InChI is InChI=1S/C24H23N5O/c30-24(26-19-7-3-1-4-8-19)23-21-14-17(9-10-22(21)27-28-23)18-13-20(16-25-15-18)29-11-5-2-6-12-29/h1,3-4,7-10,13-16H,2,5-6,11-12H2,(H,26,30)(H,27,28). The fraction of sp³-hybridized carbons (Fsp3) is 0.208. The van der Waals surface area contributed by atoms with Crippen LogP contribution in [0.15, 0.2) is 67.0 Å². The number of anilines is 2. The first-order valence-electron chi connectivity index (χ1n) is 10.3. The van der Waals surface area contributed by atoms with Gasteiger partial charge in [0.25, 0.3) is 5.91 Å². The number of aromatic amines is 1. The van der Waals surface area contributed by atoms with Crippen molar-refractivity contribution in [3.63, 3.8) is 0 Å². The van der Waals surface area contributed by atoms with E-state index in [0.29, 0.717) is 5.69 Å². The minimum absolute atomic E-state index is 0.232. The van der Waals surface area contributed by atoms with Gasteiger partial charge in [-0.15, -0.1) is 0 Å². The van der Waals surface area contributed by atoms with Crippen molar-refractivity contribution < 1.29 is 4.79 Å². The number of hydrogen-bond acceptors (Lipinski definition) is 4. The Bertz CT molecular complexity index is 1180. The Morgan fingerprint density at radius 3 is 2.60 bits per heavy atom. The first kappa shape index (κ1) is 18.4. The van der Waals surface area contributed by atoms with Crippen LogP contribution in [0.5, 0.6) is 0 Å². The number of benzene rings is 2. The molecule has 2 aromatic heterocycles. The number of rotatable bonds is 4. The van der Waals surface area contributed by atoms with E-state index in [1.54, 1.807) is 0 Å². The summed E-state index contributed by atoms with van der Waals surface area (Å²) in [5, 5.41) is 10.9. The summed E-state index contributed by atoms with van der Waals surface area (Å²) in [5.41, 5.74) is 5.17. The molecule has 2 aromatic carbocycles. The summed E-state index contributed by atoms with van der Waals surface area (Å²) in [6.07, 6.45) is 7.56. The summed E-state index contributed by atoms with van der Waals surface area (Å²) in [5.74, 6) is -0.232. The maximum Gasteiger partial charge on any atom is 0.276 e. The third-order valence-corrected chi connectivity index (χ3v) is 5.59. The summed E-state index contributed by atoms with van der Waals surface area (Å²) < 4.78 is 0. The summed E-state index contributed by atoms with van der Waals surface area (Å²) in [7, 11) is 0. The number of pyridine rings is 1. The predicted octanol–water partition coefficient (Wildman–Crippen LogP) is 4.87. The predicted molar refractivity (Wildman–Crippen MR) is 120 cm³/mol. The maximum absolute atomic E-state index is 12.8. The Morgan fingerprint density at radius 1 is 0.933 bits per heavy atom. The molecule has 0 atom stereocenters. The number of carbonyl (C=O) groups excluding carboxylic acids is 1. The van der Waals surface area contributed by atoms with Crippen LogP contribution in [-0.4, -0.2) is 34.2 Å². The molecule has 0 aliphatic carbocycles. The number of carbonyl (C=O) groups is 1. The molecular formula is C24H23N5O. The molecule has 5 rings (SSSR count). The first-order valence-corrected chi connectivity index (χ1v) is 10.3. The van der Waals surface area contributed by atoms with Crippen LogP contribution in [0.25, 0.3) is 22.0 Å². The molecule has 1 amide bonds. The van der Waals surface area contributed by atoms with Gasteiger partial charge >= 0.3 is 0 Å². The molecule has 6 heteroatoms.